The Hall–Kier alpha value is -3.55. The first-order valence-electron chi connectivity index (χ1n) is 8.68. The van der Waals surface area contributed by atoms with Gasteiger partial charge in [-0.15, -0.1) is 0 Å². The normalized spacial score (nSPS) is 10.4. The summed E-state index contributed by atoms with van der Waals surface area (Å²) < 4.78 is 24.0. The molecule has 2 aromatic carbocycles. The topological polar surface area (TPSA) is 88.3 Å². The van der Waals surface area contributed by atoms with E-state index in [0.29, 0.717) is 40.6 Å². The number of amides is 2. The van der Waals surface area contributed by atoms with Gasteiger partial charge in [0, 0.05) is 29.4 Å². The van der Waals surface area contributed by atoms with Crippen molar-refractivity contribution in [1.82, 2.24) is 10.2 Å². The minimum Gasteiger partial charge on any atom is -0.497 e. The summed E-state index contributed by atoms with van der Waals surface area (Å²) in [4.78, 5) is 12.6. The molecule has 0 aliphatic rings. The van der Waals surface area contributed by atoms with Gasteiger partial charge in [-0.3, -0.25) is 5.10 Å². The van der Waals surface area contributed by atoms with E-state index in [0.717, 1.165) is 5.69 Å². The van der Waals surface area contributed by atoms with Gasteiger partial charge in [0.1, 0.15) is 23.0 Å². The summed E-state index contributed by atoms with van der Waals surface area (Å²) in [6, 6.07) is 10.6. The lowest BCUT2D eigenvalue weighted by Crippen LogP contribution is -2.20. The molecule has 1 aromatic heterocycles. The number of carbonyl (C=O) groups is 1. The Morgan fingerprint density at radius 2 is 1.82 bits per heavy atom. The van der Waals surface area contributed by atoms with Crippen LogP contribution in [0.1, 0.15) is 12.6 Å². The zero-order valence-electron chi connectivity index (χ0n) is 15.8. The average molecular weight is 384 g/mol. The zero-order valence-corrected chi connectivity index (χ0v) is 15.8. The number of methoxy groups -OCH3 is 2. The van der Waals surface area contributed by atoms with Gasteiger partial charge in [0.15, 0.2) is 0 Å². The lowest BCUT2D eigenvalue weighted by atomic mass is 10.1. The van der Waals surface area contributed by atoms with Crippen LogP contribution in [-0.4, -0.2) is 30.4 Å². The molecule has 0 spiro atoms. The number of hydrogen-bond donors (Lipinski definition) is 3. The summed E-state index contributed by atoms with van der Waals surface area (Å²) in [6.45, 7) is 1.93. The van der Waals surface area contributed by atoms with Crippen molar-refractivity contribution in [3.05, 3.63) is 54.0 Å². The van der Waals surface area contributed by atoms with Gasteiger partial charge in [-0.2, -0.15) is 5.10 Å². The minimum atomic E-state index is -0.468. The molecule has 0 bridgehead atoms. The van der Waals surface area contributed by atoms with E-state index in [2.05, 4.69) is 20.8 Å². The Morgan fingerprint density at radius 1 is 1.11 bits per heavy atom. The molecule has 0 unspecified atom stereocenters. The number of nitrogens with zero attached hydrogens (tertiary/aromatic N) is 1. The molecule has 0 radical (unpaired) electrons. The number of aromatic amines is 1. The van der Waals surface area contributed by atoms with Gasteiger partial charge in [-0.1, -0.05) is 19.1 Å². The summed E-state index contributed by atoms with van der Waals surface area (Å²) in [7, 11) is 3.06. The monoisotopic (exact) mass is 384 g/mol. The first-order valence-corrected chi connectivity index (χ1v) is 8.68. The molecular formula is C20H21FN4O3. The number of rotatable bonds is 6. The second-order valence-corrected chi connectivity index (χ2v) is 5.97. The van der Waals surface area contributed by atoms with Crippen molar-refractivity contribution >= 4 is 17.4 Å². The van der Waals surface area contributed by atoms with Gasteiger partial charge >= 0.3 is 6.03 Å². The van der Waals surface area contributed by atoms with Crippen LogP contribution in [0.5, 0.6) is 11.5 Å². The fraction of sp³-hybridized carbons (Fsp3) is 0.200. The third kappa shape index (κ3) is 4.22. The second-order valence-electron chi connectivity index (χ2n) is 5.97. The molecule has 0 atom stereocenters. The Kier molecular flexibility index (Phi) is 5.78. The van der Waals surface area contributed by atoms with E-state index in [4.69, 9.17) is 9.47 Å². The summed E-state index contributed by atoms with van der Waals surface area (Å²) in [5, 5.41) is 12.7. The van der Waals surface area contributed by atoms with Crippen LogP contribution in [0.4, 0.5) is 20.6 Å². The SMILES string of the molecule is CCc1[nH]nc(-c2cccc(F)c2)c1NC(=O)Nc1cc(OC)cc(OC)c1. The highest BCUT2D eigenvalue weighted by Gasteiger charge is 2.17. The van der Waals surface area contributed by atoms with Crippen LogP contribution in [0.2, 0.25) is 0 Å². The number of urea groups is 1. The third-order valence-electron chi connectivity index (χ3n) is 4.14. The first kappa shape index (κ1) is 19.2. The Morgan fingerprint density at radius 3 is 2.43 bits per heavy atom. The molecule has 3 N–H and O–H groups in total. The lowest BCUT2D eigenvalue weighted by molar-refractivity contribution is 0.262. The number of H-pyrrole nitrogens is 1. The van der Waals surface area contributed by atoms with Crippen molar-refractivity contribution < 1.29 is 18.7 Å². The molecule has 2 amide bonds. The molecule has 7 nitrogen and oxygen atoms in total. The quantitative estimate of drug-likeness (QED) is 0.586. The largest absolute Gasteiger partial charge is 0.497 e. The van der Waals surface area contributed by atoms with Gasteiger partial charge in [-0.05, 0) is 18.6 Å². The maximum atomic E-state index is 13.6. The van der Waals surface area contributed by atoms with Crippen molar-refractivity contribution in [3.63, 3.8) is 0 Å². The third-order valence-corrected chi connectivity index (χ3v) is 4.14. The molecule has 3 rings (SSSR count). The van der Waals surface area contributed by atoms with Crippen LogP contribution in [0, 0.1) is 5.82 Å². The van der Waals surface area contributed by atoms with Crippen LogP contribution >= 0.6 is 0 Å². The second kappa shape index (κ2) is 8.43. The fourth-order valence-corrected chi connectivity index (χ4v) is 2.77. The fourth-order valence-electron chi connectivity index (χ4n) is 2.77. The van der Waals surface area contributed by atoms with Gasteiger partial charge in [-0.25, -0.2) is 9.18 Å². The molecular weight excluding hydrogens is 363 g/mol. The zero-order chi connectivity index (χ0) is 20.1. The number of hydrogen-bond acceptors (Lipinski definition) is 4. The maximum Gasteiger partial charge on any atom is 0.323 e. The predicted octanol–water partition coefficient (Wildman–Crippen LogP) is 4.44. The van der Waals surface area contributed by atoms with E-state index < -0.39 is 6.03 Å². The number of carbonyl (C=O) groups excluding carboxylic acids is 1. The highest BCUT2D eigenvalue weighted by atomic mass is 19.1. The van der Waals surface area contributed by atoms with Crippen molar-refractivity contribution in [3.8, 4) is 22.8 Å². The molecule has 8 heteroatoms. The predicted molar refractivity (Wildman–Crippen MR) is 106 cm³/mol. The van der Waals surface area contributed by atoms with Crippen LogP contribution in [0.15, 0.2) is 42.5 Å². The summed E-state index contributed by atoms with van der Waals surface area (Å²) >= 11 is 0. The molecule has 146 valence electrons. The summed E-state index contributed by atoms with van der Waals surface area (Å²) in [5.74, 6) is 0.720. The Labute approximate surface area is 161 Å². The number of benzene rings is 2. The van der Waals surface area contributed by atoms with Crippen molar-refractivity contribution in [2.24, 2.45) is 0 Å². The molecule has 3 aromatic rings. The van der Waals surface area contributed by atoms with Gasteiger partial charge in [0.05, 0.1) is 25.6 Å². The number of aryl methyl sites for hydroxylation is 1. The maximum absolute atomic E-state index is 13.6. The molecule has 28 heavy (non-hydrogen) atoms. The van der Waals surface area contributed by atoms with Crippen LogP contribution in [0.3, 0.4) is 0 Å². The van der Waals surface area contributed by atoms with Crippen molar-refractivity contribution in [2.75, 3.05) is 24.9 Å². The number of ether oxygens (including phenoxy) is 2. The van der Waals surface area contributed by atoms with Crippen molar-refractivity contribution in [2.45, 2.75) is 13.3 Å². The number of aromatic nitrogens is 2. The number of nitrogens with one attached hydrogen (secondary N) is 3. The highest BCUT2D eigenvalue weighted by molar-refractivity contribution is 6.02. The minimum absolute atomic E-state index is 0.377. The van der Waals surface area contributed by atoms with E-state index in [1.165, 1.54) is 26.4 Å². The smallest absolute Gasteiger partial charge is 0.323 e. The molecule has 0 fully saturated rings. The Balaban J connectivity index is 1.85. The molecule has 1 heterocycles. The van der Waals surface area contributed by atoms with E-state index in [1.54, 1.807) is 30.3 Å². The molecule has 0 saturated heterocycles. The molecule has 0 aliphatic heterocycles. The van der Waals surface area contributed by atoms with E-state index in [9.17, 15) is 9.18 Å². The summed E-state index contributed by atoms with van der Waals surface area (Å²) in [5.41, 5.74) is 2.77. The molecule has 0 saturated carbocycles. The van der Waals surface area contributed by atoms with Crippen LogP contribution in [-0.2, 0) is 6.42 Å². The summed E-state index contributed by atoms with van der Waals surface area (Å²) in [6.07, 6.45) is 0.616. The lowest BCUT2D eigenvalue weighted by Gasteiger charge is -2.12. The first-order chi connectivity index (χ1) is 13.5. The standard InChI is InChI=1S/C20H21FN4O3/c1-4-17-19(18(25-24-17)12-6-5-7-13(21)8-12)23-20(26)22-14-9-15(27-2)11-16(10-14)28-3/h5-11H,4H2,1-3H3,(H,24,25)(H2,22,23,26). The van der Waals surface area contributed by atoms with Crippen LogP contribution in [0.25, 0.3) is 11.3 Å². The van der Waals surface area contributed by atoms with Gasteiger partial charge < -0.3 is 20.1 Å². The van der Waals surface area contributed by atoms with E-state index in [-0.39, 0.29) is 5.82 Å². The van der Waals surface area contributed by atoms with Gasteiger partial charge in [0.25, 0.3) is 0 Å². The number of anilines is 2. The van der Waals surface area contributed by atoms with E-state index in [1.807, 2.05) is 6.92 Å². The average Bonchev–Trinajstić information content (AvgIpc) is 3.09. The van der Waals surface area contributed by atoms with Crippen molar-refractivity contribution in [1.29, 1.82) is 0 Å². The Bertz CT molecular complexity index is 965. The highest BCUT2D eigenvalue weighted by Crippen LogP contribution is 2.30. The van der Waals surface area contributed by atoms with Crippen LogP contribution < -0.4 is 20.1 Å². The van der Waals surface area contributed by atoms with E-state index >= 15 is 0 Å². The molecule has 0 aliphatic carbocycles. The number of halogens is 1. The van der Waals surface area contributed by atoms with Gasteiger partial charge in [0.2, 0.25) is 0 Å².